The first-order chi connectivity index (χ1) is 42.0. The standard InChI is InChI=1S/C25H22N8.C19H19ClN6.C9H8Cl2N4.C7H7Cl2N3.ClH/c26-7-10-33-9-6-21-23(16-33)31-24(19-11-17(12-27)13-28-14-19)32-25(21)29-8-5-18-15-30-22-4-2-1-3-20(18)22;20-19-24-17-12-26(10-7-21)9-6-15(17)18(25-19)22-8-5-13-11-23-16-4-2-1-3-14(13)16;10-8-6-1-3-15(4-2-12)5-7(6)13-9(11)14-8;8-6-4-1-2-10-3-5(4)11-7(9)12-6;/h1-4,11,13-15,30H,5-6,8-10,16H2,(H,29,31,32);1-4,11,23H,5-6,8-10,12H2,(H,22,24,25);1,3-5H2;10H,1-3H2;1H. The first-order valence-electron chi connectivity index (χ1n) is 27.8. The number of aromatic amines is 2. The second-order valence-corrected chi connectivity index (χ2v) is 22.2. The van der Waals surface area contributed by atoms with Crippen molar-refractivity contribution in [1.29, 1.82) is 21.0 Å². The molecule has 4 aliphatic heterocycles. The molecule has 0 saturated heterocycles. The fraction of sp³-hybridized carbons (Fsp3) is 0.317. The third kappa shape index (κ3) is 16.2. The zero-order chi connectivity index (χ0) is 59.9. The Labute approximate surface area is 533 Å². The van der Waals surface area contributed by atoms with Crippen LogP contribution in [0.3, 0.4) is 0 Å². The van der Waals surface area contributed by atoms with E-state index in [0.717, 1.165) is 152 Å². The lowest BCUT2D eigenvalue weighted by Gasteiger charge is -2.27. The molecule has 0 bridgehead atoms. The summed E-state index contributed by atoms with van der Waals surface area (Å²) in [4.78, 5) is 51.3. The molecule has 5 N–H and O–H groups in total. The average Bonchev–Trinajstić information content (AvgIpc) is 3.66. The summed E-state index contributed by atoms with van der Waals surface area (Å²) in [5.74, 6) is 2.16. The van der Waals surface area contributed by atoms with Crippen LogP contribution in [0.25, 0.3) is 33.2 Å². The molecule has 9 aromatic rings. The highest BCUT2D eigenvalue weighted by atomic mass is 35.5. The summed E-state index contributed by atoms with van der Waals surface area (Å²) in [6.45, 7) is 8.63. The molecule has 87 heavy (non-hydrogen) atoms. The molecule has 27 heteroatoms. The number of fused-ring (bicyclic) bond motifs is 6. The number of para-hydroxylation sites is 2. The highest BCUT2D eigenvalue weighted by Gasteiger charge is 2.25. The number of benzene rings is 2. The number of nitriles is 4. The Morgan fingerprint density at radius 3 is 1.54 bits per heavy atom. The maximum Gasteiger partial charge on any atom is 0.224 e. The van der Waals surface area contributed by atoms with Crippen LogP contribution in [0.15, 0.2) is 79.4 Å². The van der Waals surface area contributed by atoms with Gasteiger partial charge in [-0.1, -0.05) is 59.6 Å². The van der Waals surface area contributed by atoms with E-state index >= 15 is 0 Å². The Kier molecular flexibility index (Phi) is 22.4. The number of aromatic nitrogens is 11. The van der Waals surface area contributed by atoms with Crippen molar-refractivity contribution in [2.24, 2.45) is 0 Å². The minimum atomic E-state index is 0. The van der Waals surface area contributed by atoms with Gasteiger partial charge in [0.05, 0.1) is 66.2 Å². The SMILES string of the molecule is Cl.Clc1nc(Cl)c2c(n1)CNCC2.N#CCN1CCc2c(Cl)nc(Cl)nc2C1.N#CCN1CCc2c(nc(-c3cncc(C#N)c3)nc2NCCc2c[nH]c3ccccc23)C1.N#CCN1CCc2c(nc(Cl)nc2NCCc2c[nH]c3ccccc23)C1. The molecule has 444 valence electrons. The first-order valence-corrected chi connectivity index (χ1v) is 29.6. The van der Waals surface area contributed by atoms with E-state index in [9.17, 15) is 5.26 Å². The van der Waals surface area contributed by atoms with Gasteiger partial charge in [0.2, 0.25) is 15.9 Å². The Hall–Kier alpha value is -7.87. The summed E-state index contributed by atoms with van der Waals surface area (Å²) >= 11 is 29.3. The number of hydrogen-bond donors (Lipinski definition) is 5. The van der Waals surface area contributed by atoms with Crippen molar-refractivity contribution >= 4 is 104 Å². The normalized spacial score (nSPS) is 14.2. The molecule has 0 aliphatic carbocycles. The third-order valence-corrected chi connectivity index (χ3v) is 16.1. The number of hydrogen-bond acceptors (Lipinski definition) is 19. The Balaban J connectivity index is 0.000000148. The smallest absolute Gasteiger partial charge is 0.224 e. The fourth-order valence-electron chi connectivity index (χ4n) is 10.7. The number of pyridine rings is 1. The molecule has 0 atom stereocenters. The second-order valence-electron chi connectivity index (χ2n) is 20.4. The zero-order valence-electron chi connectivity index (χ0n) is 46.9. The molecular formula is C60H57Cl6N21. The maximum absolute atomic E-state index is 9.25. The van der Waals surface area contributed by atoms with Crippen LogP contribution in [0.5, 0.6) is 0 Å². The van der Waals surface area contributed by atoms with Gasteiger partial charge in [-0.3, -0.25) is 19.7 Å². The van der Waals surface area contributed by atoms with Gasteiger partial charge >= 0.3 is 0 Å². The average molecular weight is 1280 g/mol. The molecular weight excluding hydrogens is 1230 g/mol. The number of rotatable bonds is 12. The zero-order valence-corrected chi connectivity index (χ0v) is 51.5. The molecule has 21 nitrogen and oxygen atoms in total. The molecule has 0 amide bonds. The minimum Gasteiger partial charge on any atom is -0.369 e. The van der Waals surface area contributed by atoms with Crippen LogP contribution in [0.4, 0.5) is 11.6 Å². The number of nitrogens with one attached hydrogen (secondary N) is 5. The lowest BCUT2D eigenvalue weighted by atomic mass is 10.0. The van der Waals surface area contributed by atoms with Crippen molar-refractivity contribution in [1.82, 2.24) is 74.8 Å². The lowest BCUT2D eigenvalue weighted by molar-refractivity contribution is 0.280. The van der Waals surface area contributed by atoms with Crippen molar-refractivity contribution in [3.8, 4) is 35.7 Å². The molecule has 0 unspecified atom stereocenters. The van der Waals surface area contributed by atoms with Gasteiger partial charge in [0.1, 0.15) is 28.0 Å². The molecule has 7 aromatic heterocycles. The monoisotopic (exact) mass is 1280 g/mol. The van der Waals surface area contributed by atoms with Crippen LogP contribution in [-0.4, -0.2) is 128 Å². The van der Waals surface area contributed by atoms with Gasteiger partial charge in [-0.15, -0.1) is 12.4 Å². The van der Waals surface area contributed by atoms with Crippen LogP contribution in [0.2, 0.25) is 26.2 Å². The van der Waals surface area contributed by atoms with Crippen molar-refractivity contribution in [3.05, 3.63) is 167 Å². The molecule has 0 saturated carbocycles. The van der Waals surface area contributed by atoms with Gasteiger partial charge in [-0.2, -0.15) is 21.0 Å². The topological polar surface area (TPSA) is 289 Å². The second kappa shape index (κ2) is 30.7. The number of nitrogens with zero attached hydrogens (tertiary/aromatic N) is 16. The Morgan fingerprint density at radius 1 is 0.529 bits per heavy atom. The van der Waals surface area contributed by atoms with E-state index in [1.165, 1.54) is 28.1 Å². The van der Waals surface area contributed by atoms with Gasteiger partial charge in [0.25, 0.3) is 0 Å². The fourth-order valence-corrected chi connectivity index (χ4v) is 11.9. The maximum atomic E-state index is 9.25. The first kappa shape index (κ1) is 63.6. The van der Waals surface area contributed by atoms with Crippen molar-refractivity contribution in [2.75, 3.05) is 69.5 Å². The largest absolute Gasteiger partial charge is 0.369 e. The van der Waals surface area contributed by atoms with Gasteiger partial charge in [0.15, 0.2) is 5.82 Å². The van der Waals surface area contributed by atoms with E-state index in [1.54, 1.807) is 12.3 Å². The summed E-state index contributed by atoms with van der Waals surface area (Å²) in [6, 6.07) is 27.0. The van der Waals surface area contributed by atoms with Crippen molar-refractivity contribution in [2.45, 2.75) is 64.7 Å². The van der Waals surface area contributed by atoms with E-state index < -0.39 is 0 Å². The summed E-state index contributed by atoms with van der Waals surface area (Å²) in [7, 11) is 0. The van der Waals surface area contributed by atoms with Gasteiger partial charge < -0.3 is 25.9 Å². The highest BCUT2D eigenvalue weighted by Crippen LogP contribution is 2.30. The van der Waals surface area contributed by atoms with E-state index in [0.29, 0.717) is 66.5 Å². The van der Waals surface area contributed by atoms with Crippen molar-refractivity contribution < 1.29 is 0 Å². The van der Waals surface area contributed by atoms with E-state index in [4.69, 9.17) is 83.8 Å². The van der Waals surface area contributed by atoms with Crippen molar-refractivity contribution in [3.63, 3.8) is 0 Å². The van der Waals surface area contributed by atoms with E-state index in [2.05, 4.69) is 144 Å². The Bertz CT molecular complexity index is 4070. The predicted molar refractivity (Wildman–Crippen MR) is 339 cm³/mol. The minimum absolute atomic E-state index is 0. The van der Waals surface area contributed by atoms with E-state index in [-0.39, 0.29) is 28.3 Å². The van der Waals surface area contributed by atoms with Crippen LogP contribution in [0.1, 0.15) is 61.7 Å². The third-order valence-electron chi connectivity index (χ3n) is 14.9. The highest BCUT2D eigenvalue weighted by molar-refractivity contribution is 6.33. The summed E-state index contributed by atoms with van der Waals surface area (Å²) in [5.41, 5.74) is 13.8. The molecule has 2 aromatic carbocycles. The van der Waals surface area contributed by atoms with Gasteiger partial charge in [-0.05, 0) is 109 Å². The summed E-state index contributed by atoms with van der Waals surface area (Å²) < 4.78 is 0. The van der Waals surface area contributed by atoms with Gasteiger partial charge in [0, 0.05) is 133 Å². The molecule has 4 aliphatic rings. The predicted octanol–water partition coefficient (Wildman–Crippen LogP) is 10.1. The summed E-state index contributed by atoms with van der Waals surface area (Å²) in [5, 5.41) is 50.0. The molecule has 13 rings (SSSR count). The molecule has 0 spiro atoms. The quantitative estimate of drug-likeness (QED) is 0.0432. The lowest BCUT2D eigenvalue weighted by Crippen LogP contribution is -2.32. The van der Waals surface area contributed by atoms with Crippen LogP contribution >= 0.6 is 70.4 Å². The Morgan fingerprint density at radius 2 is 1.00 bits per heavy atom. The van der Waals surface area contributed by atoms with Crippen LogP contribution in [-0.2, 0) is 64.7 Å². The number of anilines is 2. The molecule has 11 heterocycles. The molecule has 0 radical (unpaired) electrons. The number of H-pyrrole nitrogens is 2. The van der Waals surface area contributed by atoms with Gasteiger partial charge in [-0.25, -0.2) is 39.9 Å². The number of halogens is 6. The molecule has 0 fully saturated rings. The van der Waals surface area contributed by atoms with E-state index in [1.807, 2.05) is 17.0 Å². The van der Waals surface area contributed by atoms with Crippen LogP contribution in [0, 0.1) is 45.3 Å². The van der Waals surface area contributed by atoms with Crippen LogP contribution < -0.4 is 16.0 Å². The summed E-state index contributed by atoms with van der Waals surface area (Å²) in [6.07, 6.45) is 12.3.